The lowest BCUT2D eigenvalue weighted by atomic mass is 10.1. The van der Waals surface area contributed by atoms with E-state index in [4.69, 9.17) is 15.2 Å². The zero-order valence-corrected chi connectivity index (χ0v) is 8.76. The Morgan fingerprint density at radius 2 is 2.00 bits per heavy atom. The number of nitrogens with two attached hydrogens (primary N) is 1. The van der Waals surface area contributed by atoms with Crippen LogP contribution >= 0.6 is 0 Å². The molecule has 0 unspecified atom stereocenters. The summed E-state index contributed by atoms with van der Waals surface area (Å²) in [5, 5.41) is 3.02. The van der Waals surface area contributed by atoms with E-state index >= 15 is 0 Å². The van der Waals surface area contributed by atoms with Gasteiger partial charge in [-0.2, -0.15) is 0 Å². The fourth-order valence-electron chi connectivity index (χ4n) is 1.41. The lowest BCUT2D eigenvalue weighted by Gasteiger charge is -2.14. The van der Waals surface area contributed by atoms with Gasteiger partial charge in [0.1, 0.15) is 11.5 Å². The number of methoxy groups -OCH3 is 2. The minimum absolute atomic E-state index is 0.377. The summed E-state index contributed by atoms with van der Waals surface area (Å²) in [5.41, 5.74) is 7.26. The molecule has 0 fully saturated rings. The quantitative estimate of drug-likeness (QED) is 0.713. The monoisotopic (exact) mass is 196 g/mol. The Morgan fingerprint density at radius 3 is 2.50 bits per heavy atom. The van der Waals surface area contributed by atoms with Crippen molar-refractivity contribution in [3.8, 4) is 11.5 Å². The Morgan fingerprint density at radius 1 is 1.29 bits per heavy atom. The molecule has 3 N–H and O–H groups in total. The molecule has 0 amide bonds. The van der Waals surface area contributed by atoms with Crippen molar-refractivity contribution in [1.29, 1.82) is 0 Å². The van der Waals surface area contributed by atoms with Gasteiger partial charge in [0.15, 0.2) is 0 Å². The summed E-state index contributed by atoms with van der Waals surface area (Å²) >= 11 is 0. The molecule has 0 radical (unpaired) electrons. The van der Waals surface area contributed by atoms with Gasteiger partial charge in [0.05, 0.1) is 26.6 Å². The topological polar surface area (TPSA) is 56.5 Å². The van der Waals surface area contributed by atoms with Gasteiger partial charge in [-0.3, -0.25) is 0 Å². The summed E-state index contributed by atoms with van der Waals surface area (Å²) in [7, 11) is 3.27. The van der Waals surface area contributed by atoms with Crippen molar-refractivity contribution in [3.05, 3.63) is 17.7 Å². The second-order valence-corrected chi connectivity index (χ2v) is 2.85. The van der Waals surface area contributed by atoms with E-state index in [1.165, 1.54) is 0 Å². The second-order valence-electron chi connectivity index (χ2n) is 2.85. The van der Waals surface area contributed by atoms with Crippen LogP contribution in [0.3, 0.4) is 0 Å². The predicted molar refractivity (Wildman–Crippen MR) is 57.0 cm³/mol. The van der Waals surface area contributed by atoms with Crippen LogP contribution in [-0.2, 0) is 0 Å². The van der Waals surface area contributed by atoms with E-state index in [0.29, 0.717) is 6.67 Å². The van der Waals surface area contributed by atoms with Crippen LogP contribution in [0.1, 0.15) is 5.56 Å². The molecular formula is C10H16N2O2. The highest BCUT2D eigenvalue weighted by molar-refractivity contribution is 5.63. The standard InChI is InChI=1S/C10H16N2O2/c1-7-9(13-2)5-4-8(12-6-11)10(7)14-3/h4-5,12H,6,11H2,1-3H3. The average Bonchev–Trinajstić information content (AvgIpc) is 2.19. The maximum absolute atomic E-state index is 5.41. The molecule has 0 aliphatic heterocycles. The zero-order chi connectivity index (χ0) is 10.6. The fraction of sp³-hybridized carbons (Fsp3) is 0.400. The first-order valence-electron chi connectivity index (χ1n) is 4.40. The molecule has 0 aromatic heterocycles. The number of benzene rings is 1. The van der Waals surface area contributed by atoms with Gasteiger partial charge < -0.3 is 20.5 Å². The Hall–Kier alpha value is -1.42. The zero-order valence-electron chi connectivity index (χ0n) is 8.76. The Labute approximate surface area is 84.0 Å². The van der Waals surface area contributed by atoms with Crippen LogP contribution in [0.15, 0.2) is 12.1 Å². The van der Waals surface area contributed by atoms with Crippen molar-refractivity contribution < 1.29 is 9.47 Å². The first-order valence-corrected chi connectivity index (χ1v) is 4.40. The van der Waals surface area contributed by atoms with Crippen molar-refractivity contribution in [1.82, 2.24) is 0 Å². The first kappa shape index (κ1) is 10.7. The second kappa shape index (κ2) is 4.72. The molecule has 0 saturated carbocycles. The molecule has 0 heterocycles. The van der Waals surface area contributed by atoms with Crippen molar-refractivity contribution in [3.63, 3.8) is 0 Å². The third kappa shape index (κ3) is 1.90. The molecular weight excluding hydrogens is 180 g/mol. The van der Waals surface area contributed by atoms with Gasteiger partial charge in [0, 0.05) is 5.56 Å². The van der Waals surface area contributed by atoms with E-state index in [9.17, 15) is 0 Å². The molecule has 4 heteroatoms. The van der Waals surface area contributed by atoms with Crippen LogP contribution in [0.5, 0.6) is 11.5 Å². The maximum atomic E-state index is 5.41. The van der Waals surface area contributed by atoms with Crippen molar-refractivity contribution in [2.24, 2.45) is 5.73 Å². The molecule has 4 nitrogen and oxygen atoms in total. The van der Waals surface area contributed by atoms with Gasteiger partial charge in [0.2, 0.25) is 0 Å². The van der Waals surface area contributed by atoms with E-state index in [2.05, 4.69) is 5.32 Å². The van der Waals surface area contributed by atoms with Crippen molar-refractivity contribution >= 4 is 5.69 Å². The SMILES string of the molecule is COc1ccc(NCN)c(OC)c1C. The maximum Gasteiger partial charge on any atom is 0.148 e. The number of rotatable bonds is 4. The van der Waals surface area contributed by atoms with Gasteiger partial charge >= 0.3 is 0 Å². The number of anilines is 1. The highest BCUT2D eigenvalue weighted by Gasteiger charge is 2.09. The van der Waals surface area contributed by atoms with Crippen molar-refractivity contribution in [2.75, 3.05) is 26.2 Å². The smallest absolute Gasteiger partial charge is 0.148 e. The van der Waals surface area contributed by atoms with Crippen molar-refractivity contribution in [2.45, 2.75) is 6.92 Å². The summed E-state index contributed by atoms with van der Waals surface area (Å²) in [6.45, 7) is 2.32. The van der Waals surface area contributed by atoms with E-state index < -0.39 is 0 Å². The Kier molecular flexibility index (Phi) is 3.59. The highest BCUT2D eigenvalue weighted by Crippen LogP contribution is 2.34. The third-order valence-corrected chi connectivity index (χ3v) is 2.07. The van der Waals surface area contributed by atoms with Crippen LogP contribution < -0.4 is 20.5 Å². The summed E-state index contributed by atoms with van der Waals surface area (Å²) in [5.74, 6) is 1.58. The molecule has 0 aliphatic rings. The molecule has 0 bridgehead atoms. The van der Waals surface area contributed by atoms with Gasteiger partial charge in [-0.05, 0) is 19.1 Å². The van der Waals surface area contributed by atoms with E-state index in [-0.39, 0.29) is 0 Å². The number of ether oxygens (including phenoxy) is 2. The molecule has 14 heavy (non-hydrogen) atoms. The van der Waals surface area contributed by atoms with Crippen LogP contribution in [0.4, 0.5) is 5.69 Å². The number of nitrogens with one attached hydrogen (secondary N) is 1. The molecule has 0 atom stereocenters. The summed E-state index contributed by atoms with van der Waals surface area (Å²) in [6, 6.07) is 3.77. The molecule has 0 spiro atoms. The average molecular weight is 196 g/mol. The van der Waals surface area contributed by atoms with E-state index in [0.717, 1.165) is 22.7 Å². The van der Waals surface area contributed by atoms with E-state index in [1.54, 1.807) is 14.2 Å². The normalized spacial score (nSPS) is 9.71. The lowest BCUT2D eigenvalue weighted by molar-refractivity contribution is 0.390. The Bertz CT molecular complexity index is 313. The fourth-order valence-corrected chi connectivity index (χ4v) is 1.41. The highest BCUT2D eigenvalue weighted by atomic mass is 16.5. The third-order valence-electron chi connectivity index (χ3n) is 2.07. The summed E-state index contributed by atoms with van der Waals surface area (Å²) < 4.78 is 10.5. The minimum atomic E-state index is 0.377. The summed E-state index contributed by atoms with van der Waals surface area (Å²) in [6.07, 6.45) is 0. The Balaban J connectivity index is 3.14. The minimum Gasteiger partial charge on any atom is -0.496 e. The lowest BCUT2D eigenvalue weighted by Crippen LogP contribution is -2.12. The van der Waals surface area contributed by atoms with E-state index in [1.807, 2.05) is 19.1 Å². The van der Waals surface area contributed by atoms with Gasteiger partial charge in [0.25, 0.3) is 0 Å². The van der Waals surface area contributed by atoms with Crippen LogP contribution in [0.25, 0.3) is 0 Å². The molecule has 0 aliphatic carbocycles. The summed E-state index contributed by atoms with van der Waals surface area (Å²) in [4.78, 5) is 0. The molecule has 78 valence electrons. The first-order chi connectivity index (χ1) is 6.74. The van der Waals surface area contributed by atoms with Gasteiger partial charge in [-0.15, -0.1) is 0 Å². The number of hydrogen-bond acceptors (Lipinski definition) is 4. The molecule has 1 rings (SSSR count). The molecule has 1 aromatic carbocycles. The van der Waals surface area contributed by atoms with Crippen LogP contribution in [-0.4, -0.2) is 20.9 Å². The van der Waals surface area contributed by atoms with Crippen LogP contribution in [0, 0.1) is 6.92 Å². The predicted octanol–water partition coefficient (Wildman–Crippen LogP) is 1.34. The number of hydrogen-bond donors (Lipinski definition) is 2. The van der Waals surface area contributed by atoms with Gasteiger partial charge in [-0.1, -0.05) is 0 Å². The van der Waals surface area contributed by atoms with Crippen LogP contribution in [0.2, 0.25) is 0 Å². The molecule has 0 saturated heterocycles. The van der Waals surface area contributed by atoms with Gasteiger partial charge in [-0.25, -0.2) is 0 Å². The molecule has 1 aromatic rings. The largest absolute Gasteiger partial charge is 0.496 e.